The maximum atomic E-state index is 13.8. The molecule has 1 aromatic heterocycles. The van der Waals surface area contributed by atoms with Crippen LogP contribution in [0, 0.1) is 5.82 Å². The molecular formula is C13H13ClFN3. The van der Waals surface area contributed by atoms with Gasteiger partial charge in [-0.3, -0.25) is 0 Å². The highest BCUT2D eigenvalue weighted by Crippen LogP contribution is 2.20. The summed E-state index contributed by atoms with van der Waals surface area (Å²) in [6, 6.07) is 6.60. The van der Waals surface area contributed by atoms with E-state index in [4.69, 9.17) is 17.3 Å². The van der Waals surface area contributed by atoms with Gasteiger partial charge in [0.05, 0.1) is 5.02 Å². The SMILES string of the molecule is CCc1cc(N)nc(Cc2cccc(Cl)c2F)n1. The first-order valence-electron chi connectivity index (χ1n) is 5.65. The summed E-state index contributed by atoms with van der Waals surface area (Å²) < 4.78 is 13.8. The molecule has 2 N–H and O–H groups in total. The highest BCUT2D eigenvalue weighted by molar-refractivity contribution is 6.30. The number of anilines is 1. The van der Waals surface area contributed by atoms with Gasteiger partial charge >= 0.3 is 0 Å². The molecule has 0 bridgehead atoms. The van der Waals surface area contributed by atoms with Crippen LogP contribution < -0.4 is 5.73 Å². The van der Waals surface area contributed by atoms with E-state index in [0.717, 1.165) is 12.1 Å². The molecule has 1 aromatic carbocycles. The molecule has 1 heterocycles. The molecule has 2 rings (SSSR count). The minimum absolute atomic E-state index is 0.104. The summed E-state index contributed by atoms with van der Waals surface area (Å²) in [7, 11) is 0. The number of rotatable bonds is 3. The van der Waals surface area contributed by atoms with Crippen molar-refractivity contribution in [1.29, 1.82) is 0 Å². The first kappa shape index (κ1) is 12.8. The molecule has 0 saturated heterocycles. The van der Waals surface area contributed by atoms with E-state index in [0.29, 0.717) is 17.2 Å². The molecule has 18 heavy (non-hydrogen) atoms. The van der Waals surface area contributed by atoms with Gasteiger partial charge in [0.25, 0.3) is 0 Å². The third-order valence-corrected chi connectivity index (χ3v) is 2.88. The molecule has 94 valence electrons. The van der Waals surface area contributed by atoms with Crippen molar-refractivity contribution in [1.82, 2.24) is 9.97 Å². The Morgan fingerprint density at radius 1 is 1.33 bits per heavy atom. The lowest BCUT2D eigenvalue weighted by Crippen LogP contribution is -2.04. The van der Waals surface area contributed by atoms with Crippen LogP contribution in [0.15, 0.2) is 24.3 Å². The first-order chi connectivity index (χ1) is 8.60. The highest BCUT2D eigenvalue weighted by Gasteiger charge is 2.09. The van der Waals surface area contributed by atoms with Crippen molar-refractivity contribution in [3.8, 4) is 0 Å². The van der Waals surface area contributed by atoms with Gasteiger partial charge in [0.1, 0.15) is 17.5 Å². The minimum atomic E-state index is -0.428. The molecule has 5 heteroatoms. The fourth-order valence-corrected chi connectivity index (χ4v) is 1.88. The number of aryl methyl sites for hydroxylation is 1. The Hall–Kier alpha value is -1.68. The molecule has 0 amide bonds. The second kappa shape index (κ2) is 5.31. The highest BCUT2D eigenvalue weighted by atomic mass is 35.5. The minimum Gasteiger partial charge on any atom is -0.384 e. The van der Waals surface area contributed by atoms with Gasteiger partial charge < -0.3 is 5.73 Å². The van der Waals surface area contributed by atoms with Crippen molar-refractivity contribution >= 4 is 17.4 Å². The van der Waals surface area contributed by atoms with E-state index < -0.39 is 5.82 Å². The van der Waals surface area contributed by atoms with E-state index in [9.17, 15) is 4.39 Å². The fraction of sp³-hybridized carbons (Fsp3) is 0.231. The van der Waals surface area contributed by atoms with Crippen LogP contribution in [0.2, 0.25) is 5.02 Å². The zero-order valence-corrected chi connectivity index (χ0v) is 10.7. The van der Waals surface area contributed by atoms with Crippen LogP contribution in [0.3, 0.4) is 0 Å². The second-order valence-corrected chi connectivity index (χ2v) is 4.35. The average Bonchev–Trinajstić information content (AvgIpc) is 2.34. The van der Waals surface area contributed by atoms with Gasteiger partial charge in [0, 0.05) is 18.2 Å². The van der Waals surface area contributed by atoms with Gasteiger partial charge in [0.2, 0.25) is 0 Å². The van der Waals surface area contributed by atoms with E-state index in [1.165, 1.54) is 6.07 Å². The molecule has 0 aliphatic heterocycles. The van der Waals surface area contributed by atoms with Crippen LogP contribution in [0.1, 0.15) is 24.0 Å². The Morgan fingerprint density at radius 2 is 2.11 bits per heavy atom. The van der Waals surface area contributed by atoms with Crippen molar-refractivity contribution in [2.24, 2.45) is 0 Å². The van der Waals surface area contributed by atoms with Crippen molar-refractivity contribution in [2.75, 3.05) is 5.73 Å². The Bertz CT molecular complexity index is 572. The summed E-state index contributed by atoms with van der Waals surface area (Å²) in [6.07, 6.45) is 1.04. The number of hydrogen-bond acceptors (Lipinski definition) is 3. The number of halogens is 2. The van der Waals surface area contributed by atoms with Crippen LogP contribution >= 0.6 is 11.6 Å². The summed E-state index contributed by atoms with van der Waals surface area (Å²) in [5.74, 6) is 0.482. The Kier molecular flexibility index (Phi) is 3.77. The Labute approximate surface area is 110 Å². The fourth-order valence-electron chi connectivity index (χ4n) is 1.69. The van der Waals surface area contributed by atoms with E-state index in [1.807, 2.05) is 6.92 Å². The standard InChI is InChI=1S/C13H13ClFN3/c1-2-9-7-11(16)18-12(17-9)6-8-4-3-5-10(14)13(8)15/h3-5,7H,2,6H2,1H3,(H2,16,17,18). The monoisotopic (exact) mass is 265 g/mol. The van der Waals surface area contributed by atoms with E-state index in [2.05, 4.69) is 9.97 Å². The molecule has 0 fully saturated rings. The Balaban J connectivity index is 2.34. The average molecular weight is 266 g/mol. The molecule has 0 atom stereocenters. The maximum absolute atomic E-state index is 13.8. The van der Waals surface area contributed by atoms with E-state index in [-0.39, 0.29) is 11.4 Å². The third-order valence-electron chi connectivity index (χ3n) is 2.59. The molecule has 0 aliphatic carbocycles. The smallest absolute Gasteiger partial charge is 0.145 e. The van der Waals surface area contributed by atoms with Gasteiger partial charge in [-0.1, -0.05) is 30.7 Å². The van der Waals surface area contributed by atoms with Crippen molar-refractivity contribution in [2.45, 2.75) is 19.8 Å². The predicted molar refractivity (Wildman–Crippen MR) is 70.0 cm³/mol. The number of nitrogens with zero attached hydrogens (tertiary/aromatic N) is 2. The predicted octanol–water partition coefficient (Wildman–Crippen LogP) is 3.00. The summed E-state index contributed by atoms with van der Waals surface area (Å²) in [6.45, 7) is 1.98. The third kappa shape index (κ3) is 2.76. The molecule has 0 unspecified atom stereocenters. The van der Waals surface area contributed by atoms with Gasteiger partial charge in [-0.15, -0.1) is 0 Å². The lowest BCUT2D eigenvalue weighted by atomic mass is 10.1. The summed E-state index contributed by atoms with van der Waals surface area (Å²) in [4.78, 5) is 8.42. The number of aromatic nitrogens is 2. The molecule has 0 radical (unpaired) electrons. The van der Waals surface area contributed by atoms with E-state index >= 15 is 0 Å². The quantitative estimate of drug-likeness (QED) is 0.928. The van der Waals surface area contributed by atoms with Crippen molar-refractivity contribution in [3.05, 3.63) is 52.2 Å². The Morgan fingerprint density at radius 3 is 2.83 bits per heavy atom. The number of benzene rings is 1. The molecular weight excluding hydrogens is 253 g/mol. The number of nitrogen functional groups attached to an aromatic ring is 1. The summed E-state index contributed by atoms with van der Waals surface area (Å²) >= 11 is 5.73. The zero-order valence-electron chi connectivity index (χ0n) is 9.95. The van der Waals surface area contributed by atoms with Gasteiger partial charge in [-0.2, -0.15) is 0 Å². The lowest BCUT2D eigenvalue weighted by Gasteiger charge is -2.06. The van der Waals surface area contributed by atoms with E-state index in [1.54, 1.807) is 18.2 Å². The lowest BCUT2D eigenvalue weighted by molar-refractivity contribution is 0.612. The summed E-state index contributed by atoms with van der Waals surface area (Å²) in [5, 5.41) is 0.104. The molecule has 2 aromatic rings. The van der Waals surface area contributed by atoms with Crippen LogP contribution in [0.4, 0.5) is 10.2 Å². The van der Waals surface area contributed by atoms with Crippen LogP contribution in [0.25, 0.3) is 0 Å². The molecule has 0 saturated carbocycles. The maximum Gasteiger partial charge on any atom is 0.145 e. The van der Waals surface area contributed by atoms with Crippen molar-refractivity contribution in [3.63, 3.8) is 0 Å². The largest absolute Gasteiger partial charge is 0.384 e. The molecule has 3 nitrogen and oxygen atoms in total. The molecule has 0 aliphatic rings. The van der Waals surface area contributed by atoms with Crippen LogP contribution in [-0.4, -0.2) is 9.97 Å². The second-order valence-electron chi connectivity index (χ2n) is 3.94. The van der Waals surface area contributed by atoms with Gasteiger partial charge in [-0.25, -0.2) is 14.4 Å². The normalized spacial score (nSPS) is 10.6. The topological polar surface area (TPSA) is 51.8 Å². The summed E-state index contributed by atoms with van der Waals surface area (Å²) in [5.41, 5.74) is 7.00. The van der Waals surface area contributed by atoms with Crippen molar-refractivity contribution < 1.29 is 4.39 Å². The number of hydrogen-bond donors (Lipinski definition) is 1. The van der Waals surface area contributed by atoms with Gasteiger partial charge in [0.15, 0.2) is 0 Å². The first-order valence-corrected chi connectivity index (χ1v) is 6.03. The van der Waals surface area contributed by atoms with Crippen LogP contribution in [0.5, 0.6) is 0 Å². The van der Waals surface area contributed by atoms with Crippen LogP contribution in [-0.2, 0) is 12.8 Å². The number of nitrogens with two attached hydrogens (primary N) is 1. The van der Waals surface area contributed by atoms with Gasteiger partial charge in [-0.05, 0) is 18.1 Å². The zero-order chi connectivity index (χ0) is 13.1. The molecule has 0 spiro atoms.